The number of fused-ring (bicyclic) bond motifs is 1. The maximum atomic E-state index is 13.2. The number of ether oxygens (including phenoxy) is 2. The largest absolute Gasteiger partial charge is 0.493 e. The second-order valence-electron chi connectivity index (χ2n) is 6.45. The molecule has 0 spiro atoms. The van der Waals surface area contributed by atoms with E-state index in [0.717, 1.165) is 17.0 Å². The molecule has 0 bridgehead atoms. The van der Waals surface area contributed by atoms with Crippen LogP contribution in [0.25, 0.3) is 0 Å². The lowest BCUT2D eigenvalue weighted by atomic mass is 10.0. The number of amides is 1. The van der Waals surface area contributed by atoms with Crippen LogP contribution in [0.1, 0.15) is 34.8 Å². The monoisotopic (exact) mass is 378 g/mol. The normalized spacial score (nSPS) is 15.7. The van der Waals surface area contributed by atoms with Gasteiger partial charge < -0.3 is 24.1 Å². The van der Waals surface area contributed by atoms with E-state index >= 15 is 0 Å². The molecule has 2 aromatic carbocycles. The summed E-state index contributed by atoms with van der Waals surface area (Å²) in [5, 5.41) is 3.48. The molecular weight excluding hydrogens is 356 g/mol. The highest BCUT2D eigenvalue weighted by molar-refractivity contribution is 6.01. The molecule has 0 fully saturated rings. The number of methoxy groups -OCH3 is 1. The maximum Gasteiger partial charge on any atom is 0.258 e. The Kier molecular flexibility index (Phi) is 4.93. The van der Waals surface area contributed by atoms with E-state index in [4.69, 9.17) is 13.9 Å². The zero-order chi connectivity index (χ0) is 19.5. The first-order valence-corrected chi connectivity index (χ1v) is 9.21. The number of furan rings is 1. The Morgan fingerprint density at radius 3 is 2.71 bits per heavy atom. The van der Waals surface area contributed by atoms with Gasteiger partial charge in [0.2, 0.25) is 0 Å². The SMILES string of the molecule is CCOc1cc([C@@H]2Nc3ccccc3C(=O)N2Cc2ccco2)ccc1OC. The van der Waals surface area contributed by atoms with Crippen molar-refractivity contribution in [2.24, 2.45) is 0 Å². The van der Waals surface area contributed by atoms with Gasteiger partial charge in [-0.3, -0.25) is 4.79 Å². The van der Waals surface area contributed by atoms with E-state index in [2.05, 4.69) is 5.32 Å². The predicted octanol–water partition coefficient (Wildman–Crippen LogP) is 4.45. The van der Waals surface area contributed by atoms with E-state index in [1.807, 2.05) is 61.5 Å². The third kappa shape index (κ3) is 3.29. The molecule has 1 aliphatic rings. The van der Waals surface area contributed by atoms with Gasteiger partial charge in [-0.2, -0.15) is 0 Å². The number of benzene rings is 2. The molecule has 1 amide bonds. The summed E-state index contributed by atoms with van der Waals surface area (Å²) < 4.78 is 16.6. The van der Waals surface area contributed by atoms with Crippen LogP contribution in [0.15, 0.2) is 65.3 Å². The second kappa shape index (κ2) is 7.68. The third-order valence-electron chi connectivity index (χ3n) is 4.73. The molecule has 4 rings (SSSR count). The van der Waals surface area contributed by atoms with Crippen molar-refractivity contribution in [2.45, 2.75) is 19.6 Å². The number of anilines is 1. The number of carbonyl (C=O) groups excluding carboxylic acids is 1. The van der Waals surface area contributed by atoms with Crippen LogP contribution < -0.4 is 14.8 Å². The van der Waals surface area contributed by atoms with Crippen LogP contribution in [0, 0.1) is 0 Å². The Hall–Kier alpha value is -3.41. The number of hydrogen-bond acceptors (Lipinski definition) is 5. The van der Waals surface area contributed by atoms with Crippen molar-refractivity contribution in [3.8, 4) is 11.5 Å². The highest BCUT2D eigenvalue weighted by Gasteiger charge is 2.33. The number of rotatable bonds is 6. The van der Waals surface area contributed by atoms with Crippen LogP contribution in [0.5, 0.6) is 11.5 Å². The van der Waals surface area contributed by atoms with Crippen molar-refractivity contribution in [3.05, 3.63) is 77.7 Å². The first kappa shape index (κ1) is 18.0. The Balaban J connectivity index is 1.76. The lowest BCUT2D eigenvalue weighted by Gasteiger charge is -2.37. The minimum atomic E-state index is -0.363. The van der Waals surface area contributed by atoms with Crippen molar-refractivity contribution in [1.82, 2.24) is 4.90 Å². The third-order valence-corrected chi connectivity index (χ3v) is 4.73. The summed E-state index contributed by atoms with van der Waals surface area (Å²) in [5.41, 5.74) is 2.35. The average molecular weight is 378 g/mol. The molecule has 28 heavy (non-hydrogen) atoms. The van der Waals surface area contributed by atoms with Gasteiger partial charge in [0.1, 0.15) is 11.9 Å². The van der Waals surface area contributed by atoms with Crippen molar-refractivity contribution in [2.75, 3.05) is 19.0 Å². The van der Waals surface area contributed by atoms with E-state index in [-0.39, 0.29) is 12.1 Å². The molecule has 3 aromatic rings. The van der Waals surface area contributed by atoms with Gasteiger partial charge in [0, 0.05) is 5.69 Å². The first-order valence-electron chi connectivity index (χ1n) is 9.21. The lowest BCUT2D eigenvalue weighted by Crippen LogP contribution is -2.42. The molecule has 1 aromatic heterocycles. The molecule has 1 atom stereocenters. The molecule has 1 aliphatic heterocycles. The van der Waals surface area contributed by atoms with Gasteiger partial charge in [-0.05, 0) is 48.9 Å². The molecule has 0 unspecified atom stereocenters. The van der Waals surface area contributed by atoms with E-state index in [9.17, 15) is 4.79 Å². The topological polar surface area (TPSA) is 63.9 Å². The highest BCUT2D eigenvalue weighted by atomic mass is 16.5. The summed E-state index contributed by atoms with van der Waals surface area (Å²) in [4.78, 5) is 15.0. The van der Waals surface area contributed by atoms with Gasteiger partial charge in [-0.1, -0.05) is 18.2 Å². The first-order chi connectivity index (χ1) is 13.7. The quantitative estimate of drug-likeness (QED) is 0.686. The molecule has 1 N–H and O–H groups in total. The van der Waals surface area contributed by atoms with Crippen molar-refractivity contribution >= 4 is 11.6 Å². The van der Waals surface area contributed by atoms with Gasteiger partial charge in [-0.25, -0.2) is 0 Å². The second-order valence-corrected chi connectivity index (χ2v) is 6.45. The molecule has 2 heterocycles. The molecule has 0 saturated carbocycles. The van der Waals surface area contributed by atoms with Crippen LogP contribution in [0.4, 0.5) is 5.69 Å². The Morgan fingerprint density at radius 2 is 1.96 bits per heavy atom. The van der Waals surface area contributed by atoms with Crippen LogP contribution in [0.3, 0.4) is 0 Å². The summed E-state index contributed by atoms with van der Waals surface area (Å²) in [5.74, 6) is 1.97. The number of para-hydroxylation sites is 1. The minimum Gasteiger partial charge on any atom is -0.493 e. The Morgan fingerprint density at radius 1 is 1.11 bits per heavy atom. The number of hydrogen-bond donors (Lipinski definition) is 1. The van der Waals surface area contributed by atoms with Gasteiger partial charge in [0.05, 0.1) is 32.1 Å². The van der Waals surface area contributed by atoms with Crippen molar-refractivity contribution < 1.29 is 18.7 Å². The molecule has 0 aliphatic carbocycles. The van der Waals surface area contributed by atoms with Crippen LogP contribution in [-0.4, -0.2) is 24.5 Å². The molecule has 0 radical (unpaired) electrons. The zero-order valence-electron chi connectivity index (χ0n) is 15.8. The van der Waals surface area contributed by atoms with Crippen LogP contribution in [0.2, 0.25) is 0 Å². The average Bonchev–Trinajstić information content (AvgIpc) is 3.23. The van der Waals surface area contributed by atoms with Crippen LogP contribution in [-0.2, 0) is 6.54 Å². The number of nitrogens with one attached hydrogen (secondary N) is 1. The molecule has 6 heteroatoms. The fraction of sp³-hybridized carbons (Fsp3) is 0.227. The molecule has 144 valence electrons. The van der Waals surface area contributed by atoms with E-state index < -0.39 is 0 Å². The van der Waals surface area contributed by atoms with E-state index in [1.54, 1.807) is 18.3 Å². The fourth-order valence-electron chi connectivity index (χ4n) is 3.42. The summed E-state index contributed by atoms with van der Waals surface area (Å²) in [6.45, 7) is 2.80. The molecular formula is C22H22N2O4. The number of nitrogens with zero attached hydrogens (tertiary/aromatic N) is 1. The van der Waals surface area contributed by atoms with Gasteiger partial charge in [0.25, 0.3) is 5.91 Å². The predicted molar refractivity (Wildman–Crippen MR) is 106 cm³/mol. The van der Waals surface area contributed by atoms with E-state index in [1.165, 1.54) is 0 Å². The standard InChI is InChI=1S/C22H22N2O4/c1-3-27-20-13-15(10-11-19(20)26-2)21-23-18-9-5-4-8-17(18)22(25)24(21)14-16-7-6-12-28-16/h4-13,21,23H,3,14H2,1-2H3/t21-/m1/s1. The minimum absolute atomic E-state index is 0.0514. The molecule has 6 nitrogen and oxygen atoms in total. The Labute approximate surface area is 163 Å². The van der Waals surface area contributed by atoms with Crippen LogP contribution >= 0.6 is 0 Å². The van der Waals surface area contributed by atoms with Crippen molar-refractivity contribution in [3.63, 3.8) is 0 Å². The van der Waals surface area contributed by atoms with Gasteiger partial charge in [-0.15, -0.1) is 0 Å². The highest BCUT2D eigenvalue weighted by Crippen LogP contribution is 2.37. The summed E-state index contributed by atoms with van der Waals surface area (Å²) in [7, 11) is 1.61. The molecule has 0 saturated heterocycles. The van der Waals surface area contributed by atoms with E-state index in [0.29, 0.717) is 30.2 Å². The fourth-order valence-corrected chi connectivity index (χ4v) is 3.42. The zero-order valence-corrected chi connectivity index (χ0v) is 15.8. The van der Waals surface area contributed by atoms with Gasteiger partial charge >= 0.3 is 0 Å². The summed E-state index contributed by atoms with van der Waals surface area (Å²) in [6, 6.07) is 16.9. The summed E-state index contributed by atoms with van der Waals surface area (Å²) in [6.07, 6.45) is 1.25. The Bertz CT molecular complexity index is 968. The number of carbonyl (C=O) groups is 1. The lowest BCUT2D eigenvalue weighted by molar-refractivity contribution is 0.0651. The maximum absolute atomic E-state index is 13.2. The van der Waals surface area contributed by atoms with Crippen molar-refractivity contribution in [1.29, 1.82) is 0 Å². The van der Waals surface area contributed by atoms with Gasteiger partial charge in [0.15, 0.2) is 11.5 Å². The smallest absolute Gasteiger partial charge is 0.258 e. The summed E-state index contributed by atoms with van der Waals surface area (Å²) >= 11 is 0.